The summed E-state index contributed by atoms with van der Waals surface area (Å²) in [6.07, 6.45) is 2.09. The van der Waals surface area contributed by atoms with Crippen LogP contribution in [0.3, 0.4) is 0 Å². The van der Waals surface area contributed by atoms with Gasteiger partial charge in [-0.15, -0.1) is 11.6 Å². The second kappa shape index (κ2) is 5.53. The molecule has 0 radical (unpaired) electrons. The fourth-order valence-electron chi connectivity index (χ4n) is 3.03. The van der Waals surface area contributed by atoms with E-state index in [0.29, 0.717) is 17.9 Å². The molecule has 4 heteroatoms. The van der Waals surface area contributed by atoms with E-state index >= 15 is 0 Å². The van der Waals surface area contributed by atoms with Gasteiger partial charge in [0.2, 0.25) is 0 Å². The summed E-state index contributed by atoms with van der Waals surface area (Å²) < 4.78 is 8.07. The van der Waals surface area contributed by atoms with Gasteiger partial charge in [0.1, 0.15) is 17.1 Å². The molecule has 3 rings (SSSR count). The lowest BCUT2D eigenvalue weighted by Crippen LogP contribution is -2.08. The highest BCUT2D eigenvalue weighted by Crippen LogP contribution is 2.52. The van der Waals surface area contributed by atoms with Gasteiger partial charge in [-0.3, -0.25) is 0 Å². The number of rotatable bonds is 6. The molecule has 0 bridgehead atoms. The smallest absolute Gasteiger partial charge is 0.147 e. The van der Waals surface area contributed by atoms with Crippen LogP contribution < -0.4 is 4.74 Å². The van der Waals surface area contributed by atoms with Gasteiger partial charge in [0, 0.05) is 18.8 Å². The molecule has 114 valence electrons. The molecule has 1 aliphatic carbocycles. The predicted molar refractivity (Wildman–Crippen MR) is 87.2 cm³/mol. The number of benzene rings is 1. The number of aryl methyl sites for hydroxylation is 1. The summed E-state index contributed by atoms with van der Waals surface area (Å²) in [4.78, 5) is 4.80. The van der Waals surface area contributed by atoms with Crippen molar-refractivity contribution < 1.29 is 4.74 Å². The molecule has 0 aliphatic heterocycles. The van der Waals surface area contributed by atoms with Gasteiger partial charge in [-0.1, -0.05) is 19.9 Å². The quantitative estimate of drug-likeness (QED) is 0.746. The van der Waals surface area contributed by atoms with Crippen LogP contribution in [0.25, 0.3) is 11.0 Å². The standard InChI is InChI=1S/C17H23ClN2O/c1-4-21-14-7-5-6-13-16(14)19-15(8-9-18)20(13)11-12-10-17(12,2)3/h5-7,12H,4,8-11H2,1-3H3. The van der Waals surface area contributed by atoms with Gasteiger partial charge in [-0.05, 0) is 36.8 Å². The van der Waals surface area contributed by atoms with Crippen molar-refractivity contribution in [3.05, 3.63) is 24.0 Å². The van der Waals surface area contributed by atoms with E-state index in [1.54, 1.807) is 0 Å². The Balaban J connectivity index is 2.03. The van der Waals surface area contributed by atoms with Gasteiger partial charge >= 0.3 is 0 Å². The molecule has 21 heavy (non-hydrogen) atoms. The topological polar surface area (TPSA) is 27.1 Å². The number of hydrogen-bond acceptors (Lipinski definition) is 2. The number of alkyl halides is 1. The zero-order valence-electron chi connectivity index (χ0n) is 13.0. The fourth-order valence-corrected chi connectivity index (χ4v) is 3.20. The minimum atomic E-state index is 0.465. The van der Waals surface area contributed by atoms with Crippen molar-refractivity contribution in [1.82, 2.24) is 9.55 Å². The second-order valence-electron chi connectivity index (χ2n) is 6.52. The van der Waals surface area contributed by atoms with E-state index in [-0.39, 0.29) is 0 Å². The highest BCUT2D eigenvalue weighted by molar-refractivity contribution is 6.17. The normalized spacial score (nSPS) is 19.9. The summed E-state index contributed by atoms with van der Waals surface area (Å²) in [6, 6.07) is 6.18. The van der Waals surface area contributed by atoms with Crippen molar-refractivity contribution in [2.75, 3.05) is 12.5 Å². The number of aromatic nitrogens is 2. The van der Waals surface area contributed by atoms with Crippen molar-refractivity contribution >= 4 is 22.6 Å². The first-order valence-electron chi connectivity index (χ1n) is 7.73. The summed E-state index contributed by atoms with van der Waals surface area (Å²) in [5.74, 6) is 3.29. The molecule has 0 amide bonds. The number of nitrogens with zero attached hydrogens (tertiary/aromatic N) is 2. The Bertz CT molecular complexity index is 648. The number of hydrogen-bond donors (Lipinski definition) is 0. The monoisotopic (exact) mass is 306 g/mol. The Hall–Kier alpha value is -1.22. The molecule has 3 nitrogen and oxygen atoms in total. The van der Waals surface area contributed by atoms with Gasteiger partial charge in [0.25, 0.3) is 0 Å². The van der Waals surface area contributed by atoms with E-state index in [2.05, 4.69) is 24.5 Å². The van der Waals surface area contributed by atoms with Crippen LogP contribution in [-0.2, 0) is 13.0 Å². The Morgan fingerprint density at radius 2 is 2.19 bits per heavy atom. The average molecular weight is 307 g/mol. The highest BCUT2D eigenvalue weighted by Gasteiger charge is 2.45. The fraction of sp³-hybridized carbons (Fsp3) is 0.588. The first kappa shape index (κ1) is 14.7. The van der Waals surface area contributed by atoms with Crippen molar-refractivity contribution in [3.63, 3.8) is 0 Å². The first-order valence-corrected chi connectivity index (χ1v) is 8.27. The number of ether oxygens (including phenoxy) is 1. The molecular formula is C17H23ClN2O. The summed E-state index contributed by atoms with van der Waals surface area (Å²) in [7, 11) is 0. The van der Waals surface area contributed by atoms with Crippen LogP contribution in [0.2, 0.25) is 0 Å². The summed E-state index contributed by atoms with van der Waals surface area (Å²) in [5, 5.41) is 0. The second-order valence-corrected chi connectivity index (χ2v) is 6.90. The van der Waals surface area contributed by atoms with Crippen molar-refractivity contribution in [3.8, 4) is 5.75 Å². The van der Waals surface area contributed by atoms with E-state index in [0.717, 1.165) is 36.0 Å². The summed E-state index contributed by atoms with van der Waals surface area (Å²) in [6.45, 7) is 8.37. The Kier molecular flexibility index (Phi) is 3.87. The van der Waals surface area contributed by atoms with Gasteiger partial charge in [0.15, 0.2) is 0 Å². The van der Waals surface area contributed by atoms with E-state index in [4.69, 9.17) is 21.3 Å². The first-order chi connectivity index (χ1) is 10.1. The molecule has 1 fully saturated rings. The van der Waals surface area contributed by atoms with Crippen LogP contribution in [-0.4, -0.2) is 22.0 Å². The molecule has 0 N–H and O–H groups in total. The third-order valence-corrected chi connectivity index (χ3v) is 4.75. The summed E-state index contributed by atoms with van der Waals surface area (Å²) in [5.41, 5.74) is 2.61. The molecule has 1 aromatic carbocycles. The molecule has 1 aliphatic rings. The third kappa shape index (κ3) is 2.76. The van der Waals surface area contributed by atoms with Crippen LogP contribution >= 0.6 is 11.6 Å². The summed E-state index contributed by atoms with van der Waals surface area (Å²) >= 11 is 5.96. The molecule has 0 spiro atoms. The highest BCUT2D eigenvalue weighted by atomic mass is 35.5. The maximum Gasteiger partial charge on any atom is 0.147 e. The molecule has 1 heterocycles. The number of imidazole rings is 1. The van der Waals surface area contributed by atoms with Gasteiger partial charge in [-0.2, -0.15) is 0 Å². The van der Waals surface area contributed by atoms with Gasteiger partial charge in [0.05, 0.1) is 12.1 Å². The van der Waals surface area contributed by atoms with E-state index < -0.39 is 0 Å². The van der Waals surface area contributed by atoms with Crippen LogP contribution in [0, 0.1) is 11.3 Å². The van der Waals surface area contributed by atoms with Gasteiger partial charge in [-0.25, -0.2) is 4.98 Å². The molecule has 1 saturated carbocycles. The molecule has 2 aromatic rings. The maximum absolute atomic E-state index is 5.96. The minimum Gasteiger partial charge on any atom is -0.492 e. The Labute approximate surface area is 131 Å². The molecule has 0 saturated heterocycles. The van der Waals surface area contributed by atoms with Crippen LogP contribution in [0.4, 0.5) is 0 Å². The van der Waals surface area contributed by atoms with Crippen molar-refractivity contribution in [1.29, 1.82) is 0 Å². The number of halogens is 1. The maximum atomic E-state index is 5.96. The molecule has 1 atom stereocenters. The zero-order chi connectivity index (χ0) is 15.0. The largest absolute Gasteiger partial charge is 0.492 e. The SMILES string of the molecule is CCOc1cccc2c1nc(CCCl)n2CC1CC1(C)C. The minimum absolute atomic E-state index is 0.465. The predicted octanol–water partition coefficient (Wildman–Crippen LogP) is 4.26. The molecule has 1 aromatic heterocycles. The number of para-hydroxylation sites is 1. The van der Waals surface area contributed by atoms with E-state index in [9.17, 15) is 0 Å². The van der Waals surface area contributed by atoms with Crippen molar-refractivity contribution in [2.24, 2.45) is 11.3 Å². The van der Waals surface area contributed by atoms with Crippen LogP contribution in [0.1, 0.15) is 33.0 Å². The lowest BCUT2D eigenvalue weighted by Gasteiger charge is -2.10. The average Bonchev–Trinajstić information content (AvgIpc) is 2.89. The zero-order valence-corrected chi connectivity index (χ0v) is 13.8. The molecule has 1 unspecified atom stereocenters. The lowest BCUT2D eigenvalue weighted by atomic mass is 10.1. The molecular weight excluding hydrogens is 284 g/mol. The van der Waals surface area contributed by atoms with E-state index in [1.807, 2.05) is 19.1 Å². The van der Waals surface area contributed by atoms with Crippen molar-refractivity contribution in [2.45, 2.75) is 40.2 Å². The van der Waals surface area contributed by atoms with Gasteiger partial charge < -0.3 is 9.30 Å². The van der Waals surface area contributed by atoms with E-state index in [1.165, 1.54) is 11.9 Å². The Morgan fingerprint density at radius 3 is 2.81 bits per heavy atom. The van der Waals surface area contributed by atoms with Crippen LogP contribution in [0.5, 0.6) is 5.75 Å². The lowest BCUT2D eigenvalue weighted by molar-refractivity contribution is 0.343. The number of fused-ring (bicyclic) bond motifs is 1. The third-order valence-electron chi connectivity index (χ3n) is 4.56. The van der Waals surface area contributed by atoms with Crippen LogP contribution in [0.15, 0.2) is 18.2 Å². The Morgan fingerprint density at radius 1 is 1.43 bits per heavy atom.